The molecule has 0 unspecified atom stereocenters. The molecule has 0 aliphatic carbocycles. The van der Waals surface area contributed by atoms with Crippen LogP contribution in [0.5, 0.6) is 0 Å². The van der Waals surface area contributed by atoms with Gasteiger partial charge in [0, 0.05) is 12.1 Å². The van der Waals surface area contributed by atoms with Crippen LogP contribution in [0.15, 0.2) is 24.3 Å². The quantitative estimate of drug-likeness (QED) is 0.654. The second-order valence-electron chi connectivity index (χ2n) is 5.31. The van der Waals surface area contributed by atoms with Gasteiger partial charge in [-0.2, -0.15) is 5.10 Å². The van der Waals surface area contributed by atoms with Crippen LogP contribution >= 0.6 is 0 Å². The number of aromatic nitrogens is 2. The van der Waals surface area contributed by atoms with E-state index in [4.69, 9.17) is 0 Å². The van der Waals surface area contributed by atoms with Gasteiger partial charge in [-0.05, 0) is 38.0 Å². The molecular formula is C16H20N4O3. The molecule has 122 valence electrons. The Morgan fingerprint density at radius 1 is 1.30 bits per heavy atom. The summed E-state index contributed by atoms with van der Waals surface area (Å²) in [5, 5.41) is 17.9. The molecule has 0 atom stereocenters. The summed E-state index contributed by atoms with van der Waals surface area (Å²) in [6, 6.07) is 7.45. The van der Waals surface area contributed by atoms with Gasteiger partial charge in [0.1, 0.15) is 11.4 Å². The Morgan fingerprint density at radius 2 is 1.96 bits per heavy atom. The monoisotopic (exact) mass is 316 g/mol. The fourth-order valence-electron chi connectivity index (χ4n) is 2.44. The fourth-order valence-corrected chi connectivity index (χ4v) is 2.44. The fraction of sp³-hybridized carbons (Fsp3) is 0.375. The summed E-state index contributed by atoms with van der Waals surface area (Å²) in [6.07, 6.45) is 0.929. The minimum absolute atomic E-state index is 0.0338. The van der Waals surface area contributed by atoms with Gasteiger partial charge in [0.15, 0.2) is 0 Å². The molecule has 1 heterocycles. The van der Waals surface area contributed by atoms with Gasteiger partial charge in [-0.25, -0.2) is 0 Å². The number of carbonyl (C=O) groups is 1. The highest BCUT2D eigenvalue weighted by Crippen LogP contribution is 2.21. The second-order valence-corrected chi connectivity index (χ2v) is 5.31. The highest BCUT2D eigenvalue weighted by molar-refractivity contribution is 5.94. The first-order valence-electron chi connectivity index (χ1n) is 7.49. The van der Waals surface area contributed by atoms with Crippen LogP contribution in [-0.2, 0) is 13.0 Å². The zero-order valence-electron chi connectivity index (χ0n) is 13.5. The van der Waals surface area contributed by atoms with E-state index in [-0.39, 0.29) is 11.6 Å². The van der Waals surface area contributed by atoms with Crippen LogP contribution in [0, 0.1) is 24.0 Å². The zero-order valence-corrected chi connectivity index (χ0v) is 13.5. The summed E-state index contributed by atoms with van der Waals surface area (Å²) in [7, 11) is 0. The van der Waals surface area contributed by atoms with E-state index in [1.165, 1.54) is 5.56 Å². The average Bonchev–Trinajstić information content (AvgIpc) is 2.81. The van der Waals surface area contributed by atoms with Crippen molar-refractivity contribution in [2.24, 2.45) is 0 Å². The largest absolute Gasteiger partial charge is 0.350 e. The first kappa shape index (κ1) is 16.7. The van der Waals surface area contributed by atoms with Crippen molar-refractivity contribution in [2.45, 2.75) is 33.7 Å². The van der Waals surface area contributed by atoms with Crippen LogP contribution < -0.4 is 5.32 Å². The molecule has 7 nitrogen and oxygen atoms in total. The molecule has 0 radical (unpaired) electrons. The van der Waals surface area contributed by atoms with Crippen LogP contribution in [0.1, 0.15) is 34.2 Å². The minimum atomic E-state index is -0.429. The van der Waals surface area contributed by atoms with E-state index in [2.05, 4.69) is 17.3 Å². The molecular weight excluding hydrogens is 296 g/mol. The van der Waals surface area contributed by atoms with Crippen molar-refractivity contribution in [3.8, 4) is 0 Å². The maximum absolute atomic E-state index is 12.1. The van der Waals surface area contributed by atoms with Gasteiger partial charge in [-0.1, -0.05) is 19.1 Å². The van der Waals surface area contributed by atoms with E-state index < -0.39 is 4.92 Å². The van der Waals surface area contributed by atoms with Gasteiger partial charge in [-0.3, -0.25) is 19.6 Å². The average molecular weight is 316 g/mol. The molecule has 23 heavy (non-hydrogen) atoms. The smallest absolute Gasteiger partial charge is 0.312 e. The van der Waals surface area contributed by atoms with E-state index in [1.807, 2.05) is 12.1 Å². The third kappa shape index (κ3) is 3.74. The SMILES string of the molecule is CCc1ccc(C(=O)NCCn2nc(C)c([N+](=O)[O-])c2C)cc1. The Kier molecular flexibility index (Phi) is 5.10. The van der Waals surface area contributed by atoms with Crippen LogP contribution in [0.25, 0.3) is 0 Å². The Labute approximate surface area is 134 Å². The van der Waals surface area contributed by atoms with Crippen molar-refractivity contribution in [1.29, 1.82) is 0 Å². The molecule has 0 bridgehead atoms. The maximum Gasteiger partial charge on any atom is 0.312 e. The second kappa shape index (κ2) is 7.04. The molecule has 1 amide bonds. The number of aryl methyl sites for hydroxylation is 2. The molecule has 7 heteroatoms. The predicted octanol–water partition coefficient (Wildman–Crippen LogP) is 2.40. The zero-order chi connectivity index (χ0) is 17.0. The van der Waals surface area contributed by atoms with Gasteiger partial charge >= 0.3 is 5.69 Å². The summed E-state index contributed by atoms with van der Waals surface area (Å²) >= 11 is 0. The lowest BCUT2D eigenvalue weighted by atomic mass is 10.1. The standard InChI is InChI=1S/C16H20N4O3/c1-4-13-5-7-14(8-6-13)16(21)17-9-10-19-12(3)15(20(22)23)11(2)18-19/h5-8H,4,9-10H2,1-3H3,(H,17,21). The van der Waals surface area contributed by atoms with Crippen molar-refractivity contribution < 1.29 is 9.72 Å². The van der Waals surface area contributed by atoms with E-state index in [0.29, 0.717) is 30.0 Å². The maximum atomic E-state index is 12.1. The van der Waals surface area contributed by atoms with Crippen LogP contribution in [0.4, 0.5) is 5.69 Å². The van der Waals surface area contributed by atoms with Gasteiger partial charge in [-0.15, -0.1) is 0 Å². The first-order valence-corrected chi connectivity index (χ1v) is 7.49. The van der Waals surface area contributed by atoms with Gasteiger partial charge < -0.3 is 5.32 Å². The lowest BCUT2D eigenvalue weighted by molar-refractivity contribution is -0.386. The summed E-state index contributed by atoms with van der Waals surface area (Å²) < 4.78 is 1.55. The van der Waals surface area contributed by atoms with E-state index in [9.17, 15) is 14.9 Å². The highest BCUT2D eigenvalue weighted by Gasteiger charge is 2.21. The Bertz CT molecular complexity index is 720. The summed E-state index contributed by atoms with van der Waals surface area (Å²) in [4.78, 5) is 22.6. The normalized spacial score (nSPS) is 10.6. The molecule has 1 aromatic heterocycles. The number of benzene rings is 1. The molecule has 0 fully saturated rings. The first-order chi connectivity index (χ1) is 10.9. The number of nitrogens with zero attached hydrogens (tertiary/aromatic N) is 3. The highest BCUT2D eigenvalue weighted by atomic mass is 16.6. The van der Waals surface area contributed by atoms with Crippen LogP contribution in [-0.4, -0.2) is 27.2 Å². The lowest BCUT2D eigenvalue weighted by Gasteiger charge is -2.07. The number of rotatable bonds is 6. The topological polar surface area (TPSA) is 90.1 Å². The number of carbonyl (C=O) groups excluding carboxylic acids is 1. The summed E-state index contributed by atoms with van der Waals surface area (Å²) in [6.45, 7) is 6.06. The molecule has 0 saturated carbocycles. The molecule has 2 rings (SSSR count). The Morgan fingerprint density at radius 3 is 2.48 bits per heavy atom. The molecule has 1 aromatic carbocycles. The van der Waals surface area contributed by atoms with Gasteiger partial charge in [0.25, 0.3) is 5.91 Å². The van der Waals surface area contributed by atoms with Crippen molar-refractivity contribution >= 4 is 11.6 Å². The van der Waals surface area contributed by atoms with E-state index in [0.717, 1.165) is 6.42 Å². The number of amides is 1. The number of nitrogens with one attached hydrogen (secondary N) is 1. The third-order valence-corrected chi connectivity index (χ3v) is 3.76. The number of nitro groups is 1. The van der Waals surface area contributed by atoms with Gasteiger partial charge in [0.2, 0.25) is 0 Å². The van der Waals surface area contributed by atoms with Crippen molar-refractivity contribution in [3.63, 3.8) is 0 Å². The number of hydrogen-bond acceptors (Lipinski definition) is 4. The molecule has 2 aromatic rings. The van der Waals surface area contributed by atoms with E-state index in [1.54, 1.807) is 30.7 Å². The Hall–Kier alpha value is -2.70. The molecule has 1 N–H and O–H groups in total. The van der Waals surface area contributed by atoms with Crippen LogP contribution in [0.3, 0.4) is 0 Å². The number of hydrogen-bond donors (Lipinski definition) is 1. The summed E-state index contributed by atoms with van der Waals surface area (Å²) in [5.41, 5.74) is 2.69. The third-order valence-electron chi connectivity index (χ3n) is 3.76. The minimum Gasteiger partial charge on any atom is -0.350 e. The lowest BCUT2D eigenvalue weighted by Crippen LogP contribution is -2.27. The molecule has 0 spiro atoms. The van der Waals surface area contributed by atoms with Crippen LogP contribution in [0.2, 0.25) is 0 Å². The van der Waals surface area contributed by atoms with Gasteiger partial charge in [0.05, 0.1) is 11.5 Å². The van der Waals surface area contributed by atoms with Crippen molar-refractivity contribution in [1.82, 2.24) is 15.1 Å². The predicted molar refractivity (Wildman–Crippen MR) is 86.5 cm³/mol. The van der Waals surface area contributed by atoms with Crippen molar-refractivity contribution in [3.05, 3.63) is 56.9 Å². The van der Waals surface area contributed by atoms with Crippen molar-refractivity contribution in [2.75, 3.05) is 6.54 Å². The van der Waals surface area contributed by atoms with E-state index >= 15 is 0 Å². The molecule has 0 aliphatic heterocycles. The molecule has 0 saturated heterocycles. The Balaban J connectivity index is 1.95. The summed E-state index contributed by atoms with van der Waals surface area (Å²) in [5.74, 6) is -0.163. The molecule has 0 aliphatic rings.